The van der Waals surface area contributed by atoms with Gasteiger partial charge in [-0.15, -0.1) is 9.24 Å². The molecule has 1 heteroatoms. The van der Waals surface area contributed by atoms with Crippen molar-refractivity contribution in [2.75, 3.05) is 0 Å². The molecule has 0 spiro atoms. The SMILES string of the molecule is C=CC(=C)C.PC1CCCCC1. The Bertz CT molecular complexity index is 132. The van der Waals surface area contributed by atoms with E-state index in [-0.39, 0.29) is 0 Å². The Hall–Kier alpha value is -0.0900. The summed E-state index contributed by atoms with van der Waals surface area (Å²) in [6, 6.07) is 0. The molecule has 0 nitrogen and oxygen atoms in total. The van der Waals surface area contributed by atoms with Gasteiger partial charge in [-0.2, -0.15) is 0 Å². The number of hydrogen-bond acceptors (Lipinski definition) is 0. The molecule has 1 rings (SSSR count). The molecule has 1 unspecified atom stereocenters. The topological polar surface area (TPSA) is 0 Å². The van der Waals surface area contributed by atoms with Crippen molar-refractivity contribution in [1.29, 1.82) is 0 Å². The lowest BCUT2D eigenvalue weighted by Gasteiger charge is -2.15. The average Bonchev–Trinajstić information content (AvgIpc) is 2.07. The zero-order valence-corrected chi connectivity index (χ0v) is 9.34. The zero-order valence-electron chi connectivity index (χ0n) is 8.18. The Balaban J connectivity index is 0.000000217. The third-order valence-electron chi connectivity index (χ3n) is 2.00. The Morgan fingerprint density at radius 2 is 1.75 bits per heavy atom. The molecular formula is C11H21P. The Labute approximate surface area is 79.3 Å². The number of hydrogen-bond donors (Lipinski definition) is 0. The quantitative estimate of drug-likeness (QED) is 0.427. The number of rotatable bonds is 1. The van der Waals surface area contributed by atoms with E-state index in [1.165, 1.54) is 32.1 Å². The van der Waals surface area contributed by atoms with E-state index in [0.717, 1.165) is 11.2 Å². The zero-order chi connectivity index (χ0) is 9.40. The van der Waals surface area contributed by atoms with Crippen molar-refractivity contribution in [3.05, 3.63) is 24.8 Å². The van der Waals surface area contributed by atoms with Crippen LogP contribution in [0.15, 0.2) is 24.8 Å². The van der Waals surface area contributed by atoms with Crippen molar-refractivity contribution in [1.82, 2.24) is 0 Å². The summed E-state index contributed by atoms with van der Waals surface area (Å²) in [5.41, 5.74) is 1.97. The lowest BCUT2D eigenvalue weighted by atomic mass is 10.0. The predicted molar refractivity (Wildman–Crippen MR) is 61.6 cm³/mol. The summed E-state index contributed by atoms with van der Waals surface area (Å²) < 4.78 is 0. The van der Waals surface area contributed by atoms with Gasteiger partial charge in [-0.05, 0) is 25.4 Å². The van der Waals surface area contributed by atoms with Gasteiger partial charge in [0.2, 0.25) is 0 Å². The average molecular weight is 184 g/mol. The molecule has 0 aromatic rings. The molecule has 0 saturated heterocycles. The van der Waals surface area contributed by atoms with E-state index in [0.29, 0.717) is 0 Å². The molecule has 1 saturated carbocycles. The van der Waals surface area contributed by atoms with Gasteiger partial charge in [0.15, 0.2) is 0 Å². The minimum atomic E-state index is 0.953. The molecule has 0 heterocycles. The molecule has 0 amide bonds. The van der Waals surface area contributed by atoms with Crippen LogP contribution in [0, 0.1) is 0 Å². The third kappa shape index (κ3) is 8.01. The summed E-state index contributed by atoms with van der Waals surface area (Å²) >= 11 is 0. The van der Waals surface area contributed by atoms with Crippen LogP contribution in [0.4, 0.5) is 0 Å². The largest absolute Gasteiger partial charge is 0.134 e. The molecule has 1 aliphatic rings. The predicted octanol–water partition coefficient (Wildman–Crippen LogP) is 3.94. The van der Waals surface area contributed by atoms with Crippen molar-refractivity contribution >= 4 is 9.24 Å². The first-order valence-electron chi connectivity index (χ1n) is 4.70. The van der Waals surface area contributed by atoms with Gasteiger partial charge in [0.1, 0.15) is 0 Å². The minimum Gasteiger partial charge on any atom is -0.134 e. The molecule has 0 radical (unpaired) electrons. The summed E-state index contributed by atoms with van der Waals surface area (Å²) in [4.78, 5) is 0. The fourth-order valence-corrected chi connectivity index (χ4v) is 1.61. The monoisotopic (exact) mass is 184 g/mol. The highest BCUT2D eigenvalue weighted by molar-refractivity contribution is 7.17. The molecule has 0 N–H and O–H groups in total. The van der Waals surface area contributed by atoms with Crippen molar-refractivity contribution in [2.45, 2.75) is 44.7 Å². The maximum atomic E-state index is 3.56. The van der Waals surface area contributed by atoms with Crippen LogP contribution in [-0.2, 0) is 0 Å². The van der Waals surface area contributed by atoms with E-state index in [1.807, 2.05) is 6.92 Å². The van der Waals surface area contributed by atoms with Gasteiger partial charge >= 0.3 is 0 Å². The van der Waals surface area contributed by atoms with Gasteiger partial charge in [-0.1, -0.05) is 44.1 Å². The van der Waals surface area contributed by atoms with Crippen molar-refractivity contribution in [2.24, 2.45) is 0 Å². The second-order valence-corrected chi connectivity index (χ2v) is 4.39. The van der Waals surface area contributed by atoms with E-state index in [9.17, 15) is 0 Å². The first kappa shape index (κ1) is 11.9. The van der Waals surface area contributed by atoms with Crippen LogP contribution in [0.3, 0.4) is 0 Å². The Kier molecular flexibility index (Phi) is 7.50. The standard InChI is InChI=1S/C6H13P.C5H8/c7-6-4-2-1-3-5-6;1-4-5(2)3/h6H,1-5,7H2;4H,1-2H2,3H3. The fourth-order valence-electron chi connectivity index (χ4n) is 1.13. The lowest BCUT2D eigenvalue weighted by molar-refractivity contribution is 0.516. The maximum absolute atomic E-state index is 3.56. The highest BCUT2D eigenvalue weighted by Crippen LogP contribution is 2.23. The van der Waals surface area contributed by atoms with Gasteiger partial charge in [0.05, 0.1) is 0 Å². The minimum absolute atomic E-state index is 0.953. The summed E-state index contributed by atoms with van der Waals surface area (Å²) in [5.74, 6) is 0. The van der Waals surface area contributed by atoms with E-state index in [1.54, 1.807) is 6.08 Å². The summed E-state index contributed by atoms with van der Waals surface area (Å²) in [7, 11) is 2.91. The summed E-state index contributed by atoms with van der Waals surface area (Å²) in [6.45, 7) is 8.93. The highest BCUT2D eigenvalue weighted by Gasteiger charge is 2.06. The Morgan fingerprint density at radius 1 is 1.33 bits per heavy atom. The van der Waals surface area contributed by atoms with Gasteiger partial charge in [-0.25, -0.2) is 0 Å². The van der Waals surface area contributed by atoms with Crippen molar-refractivity contribution in [3.8, 4) is 0 Å². The normalized spacial score (nSPS) is 17.5. The van der Waals surface area contributed by atoms with E-state index < -0.39 is 0 Å². The molecular weight excluding hydrogens is 163 g/mol. The molecule has 0 bridgehead atoms. The molecule has 1 fully saturated rings. The van der Waals surface area contributed by atoms with Crippen LogP contribution in [0.1, 0.15) is 39.0 Å². The second kappa shape index (κ2) is 7.55. The molecule has 70 valence electrons. The molecule has 1 atom stereocenters. The fraction of sp³-hybridized carbons (Fsp3) is 0.636. The molecule has 12 heavy (non-hydrogen) atoms. The van der Waals surface area contributed by atoms with Crippen molar-refractivity contribution in [3.63, 3.8) is 0 Å². The van der Waals surface area contributed by atoms with Crippen molar-refractivity contribution < 1.29 is 0 Å². The van der Waals surface area contributed by atoms with Crippen LogP contribution in [0.25, 0.3) is 0 Å². The first-order valence-corrected chi connectivity index (χ1v) is 5.37. The molecule has 0 aliphatic heterocycles. The first-order chi connectivity index (χ1) is 5.66. The third-order valence-corrected chi connectivity index (χ3v) is 2.66. The van der Waals surface area contributed by atoms with Crippen LogP contribution in [0.5, 0.6) is 0 Å². The van der Waals surface area contributed by atoms with Gasteiger partial charge in [0, 0.05) is 0 Å². The molecule has 1 aliphatic carbocycles. The highest BCUT2D eigenvalue weighted by atomic mass is 31.0. The summed E-state index contributed by atoms with van der Waals surface area (Å²) in [5, 5.41) is 0. The molecule has 0 aromatic heterocycles. The lowest BCUT2D eigenvalue weighted by Crippen LogP contribution is -2.02. The van der Waals surface area contributed by atoms with Gasteiger partial charge in [0.25, 0.3) is 0 Å². The smallest absolute Gasteiger partial charge is 0.0264 e. The maximum Gasteiger partial charge on any atom is -0.0264 e. The summed E-state index contributed by atoms with van der Waals surface area (Å²) in [6.07, 6.45) is 9.03. The van der Waals surface area contributed by atoms with E-state index >= 15 is 0 Å². The van der Waals surface area contributed by atoms with E-state index in [2.05, 4.69) is 22.4 Å². The second-order valence-electron chi connectivity index (χ2n) is 3.45. The van der Waals surface area contributed by atoms with Crippen LogP contribution in [0.2, 0.25) is 0 Å². The van der Waals surface area contributed by atoms with Gasteiger partial charge < -0.3 is 0 Å². The Morgan fingerprint density at radius 3 is 1.92 bits per heavy atom. The van der Waals surface area contributed by atoms with Crippen LogP contribution < -0.4 is 0 Å². The van der Waals surface area contributed by atoms with E-state index in [4.69, 9.17) is 0 Å². The van der Waals surface area contributed by atoms with Crippen LogP contribution >= 0.6 is 9.24 Å². The number of allylic oxidation sites excluding steroid dienone is 2. The molecule has 0 aromatic carbocycles. The van der Waals surface area contributed by atoms with Gasteiger partial charge in [-0.3, -0.25) is 0 Å². The van der Waals surface area contributed by atoms with Crippen LogP contribution in [-0.4, -0.2) is 5.66 Å².